The fourth-order valence-corrected chi connectivity index (χ4v) is 4.19. The van der Waals surface area contributed by atoms with Crippen molar-refractivity contribution in [2.45, 2.75) is 32.2 Å². The second-order valence-corrected chi connectivity index (χ2v) is 8.06. The van der Waals surface area contributed by atoms with Gasteiger partial charge in [0.2, 0.25) is 0 Å². The van der Waals surface area contributed by atoms with Gasteiger partial charge in [-0.15, -0.1) is 0 Å². The molecule has 1 aromatic rings. The van der Waals surface area contributed by atoms with E-state index < -0.39 is 5.54 Å². The third-order valence-electron chi connectivity index (χ3n) is 5.73. The van der Waals surface area contributed by atoms with Crippen molar-refractivity contribution in [1.29, 1.82) is 0 Å². The van der Waals surface area contributed by atoms with Crippen LogP contribution in [0.3, 0.4) is 0 Å². The number of piperidine rings is 1. The van der Waals surface area contributed by atoms with Crippen LogP contribution in [0.4, 0.5) is 4.79 Å². The summed E-state index contributed by atoms with van der Waals surface area (Å²) in [6.07, 6.45) is 2.77. The van der Waals surface area contributed by atoms with E-state index in [0.29, 0.717) is 44.8 Å². The lowest BCUT2D eigenvalue weighted by Gasteiger charge is -2.42. The highest BCUT2D eigenvalue weighted by atomic mass is 16.5. The predicted molar refractivity (Wildman–Crippen MR) is 104 cm³/mol. The fourth-order valence-electron chi connectivity index (χ4n) is 4.19. The zero-order valence-electron chi connectivity index (χ0n) is 17.2. The van der Waals surface area contributed by atoms with E-state index in [9.17, 15) is 14.4 Å². The molecule has 2 fully saturated rings. The van der Waals surface area contributed by atoms with Gasteiger partial charge in [-0.25, -0.2) is 4.79 Å². The van der Waals surface area contributed by atoms with Crippen molar-refractivity contribution in [3.05, 3.63) is 24.0 Å². The maximum absolute atomic E-state index is 13.3. The molecule has 0 N–H and O–H groups in total. The summed E-state index contributed by atoms with van der Waals surface area (Å²) >= 11 is 0. The highest BCUT2D eigenvalue weighted by Gasteiger charge is 2.58. The summed E-state index contributed by atoms with van der Waals surface area (Å²) in [5, 5.41) is 0. The summed E-state index contributed by atoms with van der Waals surface area (Å²) < 4.78 is 6.87. The fraction of sp³-hybridized carbons (Fsp3) is 0.650. The van der Waals surface area contributed by atoms with E-state index >= 15 is 0 Å². The van der Waals surface area contributed by atoms with E-state index in [1.807, 2.05) is 33.2 Å². The molecule has 2 aliphatic rings. The number of carbonyl (C=O) groups excluding carboxylic acids is 3. The summed E-state index contributed by atoms with van der Waals surface area (Å²) in [6, 6.07) is 3.41. The number of rotatable bonds is 6. The Kier molecular flexibility index (Phi) is 5.79. The van der Waals surface area contributed by atoms with Crippen LogP contribution in [0, 0.1) is 5.92 Å². The van der Waals surface area contributed by atoms with Crippen molar-refractivity contribution >= 4 is 17.8 Å². The normalized spacial score (nSPS) is 19.4. The Balaban J connectivity index is 1.79. The zero-order chi connectivity index (χ0) is 20.5. The van der Waals surface area contributed by atoms with Gasteiger partial charge in [-0.05, 0) is 30.9 Å². The molecule has 3 rings (SSSR count). The maximum Gasteiger partial charge on any atom is 0.327 e. The zero-order valence-corrected chi connectivity index (χ0v) is 17.2. The number of hydrogen-bond donors (Lipinski definition) is 0. The smallest absolute Gasteiger partial charge is 0.327 e. The molecule has 8 heteroatoms. The number of likely N-dealkylation sites (tertiary alicyclic amines) is 1. The van der Waals surface area contributed by atoms with Crippen LogP contribution in [0.2, 0.25) is 0 Å². The molecule has 8 nitrogen and oxygen atoms in total. The number of aryl methyl sites for hydroxylation is 1. The van der Waals surface area contributed by atoms with E-state index in [2.05, 4.69) is 0 Å². The van der Waals surface area contributed by atoms with E-state index in [4.69, 9.17) is 4.74 Å². The number of methoxy groups -OCH3 is 1. The first-order valence-electron chi connectivity index (χ1n) is 9.85. The first-order chi connectivity index (χ1) is 13.3. The number of imide groups is 1. The lowest BCUT2D eigenvalue weighted by Crippen LogP contribution is -2.58. The van der Waals surface area contributed by atoms with Crippen LogP contribution in [0.1, 0.15) is 37.2 Å². The average molecular weight is 390 g/mol. The molecular weight excluding hydrogens is 360 g/mol. The molecule has 0 aliphatic carbocycles. The maximum atomic E-state index is 13.3. The van der Waals surface area contributed by atoms with Crippen molar-refractivity contribution in [2.24, 2.45) is 13.0 Å². The van der Waals surface area contributed by atoms with Gasteiger partial charge in [0.15, 0.2) is 0 Å². The van der Waals surface area contributed by atoms with Gasteiger partial charge in [0.25, 0.3) is 11.8 Å². The molecule has 3 heterocycles. The van der Waals surface area contributed by atoms with E-state index in [-0.39, 0.29) is 30.3 Å². The minimum absolute atomic E-state index is 0.0363. The van der Waals surface area contributed by atoms with Gasteiger partial charge in [-0.2, -0.15) is 0 Å². The molecule has 0 unspecified atom stereocenters. The number of urea groups is 1. The van der Waals surface area contributed by atoms with Gasteiger partial charge in [0.05, 0.1) is 13.2 Å². The molecule has 0 saturated carbocycles. The van der Waals surface area contributed by atoms with Gasteiger partial charge in [-0.1, -0.05) is 13.8 Å². The van der Waals surface area contributed by atoms with Crippen LogP contribution in [-0.2, 0) is 16.6 Å². The number of nitrogens with zero attached hydrogens (tertiary/aromatic N) is 4. The topological polar surface area (TPSA) is 75.1 Å². The number of aromatic nitrogens is 1. The molecule has 154 valence electrons. The van der Waals surface area contributed by atoms with E-state index in [0.717, 1.165) is 0 Å². The van der Waals surface area contributed by atoms with Crippen LogP contribution in [0.15, 0.2) is 18.3 Å². The number of carbonyl (C=O) groups is 3. The lowest BCUT2D eigenvalue weighted by molar-refractivity contribution is -0.135. The van der Waals surface area contributed by atoms with Gasteiger partial charge >= 0.3 is 6.03 Å². The minimum atomic E-state index is -0.847. The standard InChI is InChI=1S/C20H30N4O4/c1-15(2)14-24-19(27)23(12-13-28-4)18(26)20(24)7-10-22(11-8-20)17(25)16-6-5-9-21(16)3/h5-6,9,15H,7-8,10-14H2,1-4H3. The molecule has 2 aliphatic heterocycles. The van der Waals surface area contributed by atoms with Gasteiger partial charge in [0.1, 0.15) is 11.2 Å². The van der Waals surface area contributed by atoms with Crippen LogP contribution in [0.5, 0.6) is 0 Å². The molecule has 1 spiro atoms. The van der Waals surface area contributed by atoms with Crippen LogP contribution < -0.4 is 0 Å². The largest absolute Gasteiger partial charge is 0.383 e. The van der Waals surface area contributed by atoms with Crippen LogP contribution in [-0.4, -0.2) is 82.5 Å². The Morgan fingerprint density at radius 3 is 2.46 bits per heavy atom. The highest BCUT2D eigenvalue weighted by Crippen LogP contribution is 2.38. The van der Waals surface area contributed by atoms with Crippen molar-refractivity contribution in [1.82, 2.24) is 19.3 Å². The van der Waals surface area contributed by atoms with Gasteiger partial charge < -0.3 is 19.1 Å². The monoisotopic (exact) mass is 390 g/mol. The number of ether oxygens (including phenoxy) is 1. The van der Waals surface area contributed by atoms with Crippen molar-refractivity contribution < 1.29 is 19.1 Å². The minimum Gasteiger partial charge on any atom is -0.383 e. The van der Waals surface area contributed by atoms with E-state index in [1.165, 1.54) is 4.90 Å². The van der Waals surface area contributed by atoms with Crippen LogP contribution >= 0.6 is 0 Å². The first kappa shape index (κ1) is 20.4. The third kappa shape index (κ3) is 3.41. The average Bonchev–Trinajstić information content (AvgIpc) is 3.17. The predicted octanol–water partition coefficient (Wildman–Crippen LogP) is 1.57. The van der Waals surface area contributed by atoms with Gasteiger partial charge in [-0.3, -0.25) is 14.5 Å². The number of hydrogen-bond acceptors (Lipinski definition) is 4. The summed E-state index contributed by atoms with van der Waals surface area (Å²) in [5.74, 6) is 0.0611. The Bertz CT molecular complexity index is 749. The third-order valence-corrected chi connectivity index (χ3v) is 5.73. The summed E-state index contributed by atoms with van der Waals surface area (Å²) in [4.78, 5) is 43.9. The second kappa shape index (κ2) is 7.95. The molecular formula is C20H30N4O4. The van der Waals surface area contributed by atoms with Crippen molar-refractivity contribution in [2.75, 3.05) is 39.9 Å². The number of amides is 4. The molecule has 1 aromatic heterocycles. The molecule has 0 aromatic carbocycles. The van der Waals surface area contributed by atoms with Crippen molar-refractivity contribution in [3.63, 3.8) is 0 Å². The highest BCUT2D eigenvalue weighted by molar-refractivity contribution is 6.07. The summed E-state index contributed by atoms with van der Waals surface area (Å²) in [6.45, 7) is 6.09. The Morgan fingerprint density at radius 2 is 1.93 bits per heavy atom. The molecule has 2 saturated heterocycles. The van der Waals surface area contributed by atoms with Gasteiger partial charge in [0, 0.05) is 40.0 Å². The Morgan fingerprint density at radius 1 is 1.25 bits per heavy atom. The van der Waals surface area contributed by atoms with Crippen molar-refractivity contribution in [3.8, 4) is 0 Å². The van der Waals surface area contributed by atoms with E-state index in [1.54, 1.807) is 27.5 Å². The molecule has 0 atom stereocenters. The lowest BCUT2D eigenvalue weighted by atomic mass is 9.85. The molecule has 4 amide bonds. The second-order valence-electron chi connectivity index (χ2n) is 8.06. The molecule has 0 bridgehead atoms. The Labute approximate surface area is 166 Å². The van der Waals surface area contributed by atoms with Crippen LogP contribution in [0.25, 0.3) is 0 Å². The quantitative estimate of drug-likeness (QED) is 0.691. The first-order valence-corrected chi connectivity index (χ1v) is 9.85. The molecule has 28 heavy (non-hydrogen) atoms. The summed E-state index contributed by atoms with van der Waals surface area (Å²) in [7, 11) is 3.40. The Hall–Kier alpha value is -2.35. The molecule has 0 radical (unpaired) electrons. The SMILES string of the molecule is COCCN1C(=O)N(CC(C)C)C2(CCN(C(=O)c3cccn3C)CC2)C1=O. The summed E-state index contributed by atoms with van der Waals surface area (Å²) in [5.41, 5.74) is -0.217.